The number of nitrogens with one attached hydrogen (secondary N) is 1. The molecule has 2 aliphatic carbocycles. The number of hydrogen-bond acceptors (Lipinski definition) is 6. The van der Waals surface area contributed by atoms with Gasteiger partial charge in [-0.3, -0.25) is 9.78 Å². The number of hydrogen-bond donors (Lipinski definition) is 1. The van der Waals surface area contributed by atoms with Gasteiger partial charge in [-0.05, 0) is 68.8 Å². The zero-order valence-corrected chi connectivity index (χ0v) is 15.7. The minimum absolute atomic E-state index is 0.0118. The van der Waals surface area contributed by atoms with Crippen LogP contribution in [0, 0.1) is 5.41 Å². The molecule has 2 fully saturated rings. The summed E-state index contributed by atoms with van der Waals surface area (Å²) in [6.07, 6.45) is 10.4. The molecular weight excluding hydrogens is 346 g/mol. The standard InChI is InChI=1S/C20H25N3O4/c1-20(10-11-20)9-5-6-13-12-15(24)26-18-16(13)17(25)21-19(22-18)27-23-14-7-3-2-4-8-14/h12H,2-11H2,1H3,(H,21,22,25). The van der Waals surface area contributed by atoms with Gasteiger partial charge >= 0.3 is 11.6 Å². The zero-order valence-electron chi connectivity index (χ0n) is 15.7. The number of aryl methyl sites for hydroxylation is 1. The topological polar surface area (TPSA) is 97.5 Å². The smallest absolute Gasteiger partial charge is 0.337 e. The summed E-state index contributed by atoms with van der Waals surface area (Å²) in [5.74, 6) is 0. The van der Waals surface area contributed by atoms with E-state index in [1.807, 2.05) is 0 Å². The van der Waals surface area contributed by atoms with E-state index in [1.54, 1.807) is 0 Å². The normalized spacial score (nSPS) is 18.5. The Kier molecular flexibility index (Phi) is 4.85. The van der Waals surface area contributed by atoms with Gasteiger partial charge in [0, 0.05) is 6.07 Å². The molecule has 2 saturated carbocycles. The number of rotatable bonds is 6. The van der Waals surface area contributed by atoms with E-state index < -0.39 is 5.63 Å². The monoisotopic (exact) mass is 371 g/mol. The summed E-state index contributed by atoms with van der Waals surface area (Å²) in [5.41, 5.74) is 1.24. The molecule has 144 valence electrons. The van der Waals surface area contributed by atoms with E-state index in [0.29, 0.717) is 22.8 Å². The molecule has 7 nitrogen and oxygen atoms in total. The van der Waals surface area contributed by atoms with Gasteiger partial charge in [-0.1, -0.05) is 18.5 Å². The van der Waals surface area contributed by atoms with Crippen molar-refractivity contribution in [3.8, 4) is 6.01 Å². The van der Waals surface area contributed by atoms with Crippen molar-refractivity contribution in [2.45, 2.75) is 71.1 Å². The molecule has 1 N–H and O–H groups in total. The van der Waals surface area contributed by atoms with Crippen molar-refractivity contribution in [2.75, 3.05) is 0 Å². The third kappa shape index (κ3) is 4.28. The maximum absolute atomic E-state index is 12.6. The van der Waals surface area contributed by atoms with E-state index in [0.717, 1.165) is 44.2 Å². The second kappa shape index (κ2) is 7.29. The van der Waals surface area contributed by atoms with Gasteiger partial charge in [0.05, 0.1) is 5.71 Å². The Balaban J connectivity index is 1.58. The van der Waals surface area contributed by atoms with Gasteiger partial charge in [-0.2, -0.15) is 4.98 Å². The van der Waals surface area contributed by atoms with Crippen molar-refractivity contribution in [1.29, 1.82) is 0 Å². The van der Waals surface area contributed by atoms with E-state index in [4.69, 9.17) is 9.25 Å². The van der Waals surface area contributed by atoms with E-state index >= 15 is 0 Å². The number of aromatic nitrogens is 2. The first-order valence-electron chi connectivity index (χ1n) is 9.82. The highest BCUT2D eigenvalue weighted by Crippen LogP contribution is 2.49. The van der Waals surface area contributed by atoms with Crippen molar-refractivity contribution in [2.24, 2.45) is 10.6 Å². The summed E-state index contributed by atoms with van der Waals surface area (Å²) in [6.45, 7) is 2.27. The average molecular weight is 371 g/mol. The molecular formula is C20H25N3O4. The lowest BCUT2D eigenvalue weighted by Gasteiger charge is -2.11. The molecule has 2 aromatic rings. The maximum Gasteiger partial charge on any atom is 0.337 e. The van der Waals surface area contributed by atoms with Crippen LogP contribution in [0.2, 0.25) is 0 Å². The predicted octanol–water partition coefficient (Wildman–Crippen LogP) is 3.70. The third-order valence-corrected chi connectivity index (χ3v) is 5.70. The summed E-state index contributed by atoms with van der Waals surface area (Å²) in [5, 5.41) is 4.42. The highest BCUT2D eigenvalue weighted by Gasteiger charge is 2.36. The van der Waals surface area contributed by atoms with Gasteiger partial charge in [0.25, 0.3) is 5.56 Å². The van der Waals surface area contributed by atoms with Gasteiger partial charge in [0.15, 0.2) is 0 Å². The summed E-state index contributed by atoms with van der Waals surface area (Å²) >= 11 is 0. The highest BCUT2D eigenvalue weighted by molar-refractivity contribution is 5.84. The molecule has 2 aromatic heterocycles. The van der Waals surface area contributed by atoms with E-state index in [-0.39, 0.29) is 17.3 Å². The van der Waals surface area contributed by atoms with Crippen LogP contribution in [0.3, 0.4) is 0 Å². The number of oxime groups is 1. The lowest BCUT2D eigenvalue weighted by atomic mass is 9.98. The molecule has 2 heterocycles. The minimum atomic E-state index is -0.502. The number of fused-ring (bicyclic) bond motifs is 1. The molecule has 0 amide bonds. The van der Waals surface area contributed by atoms with Gasteiger partial charge < -0.3 is 9.25 Å². The molecule has 4 rings (SSSR count). The zero-order chi connectivity index (χ0) is 18.9. The molecule has 0 aliphatic heterocycles. The molecule has 2 aliphatic rings. The van der Waals surface area contributed by atoms with Crippen molar-refractivity contribution in [3.63, 3.8) is 0 Å². The number of nitrogens with zero attached hydrogens (tertiary/aromatic N) is 2. The van der Waals surface area contributed by atoms with Crippen LogP contribution in [0.4, 0.5) is 0 Å². The Morgan fingerprint density at radius 3 is 2.78 bits per heavy atom. The Labute approximate surface area is 156 Å². The van der Waals surface area contributed by atoms with Crippen LogP contribution in [-0.4, -0.2) is 15.7 Å². The summed E-state index contributed by atoms with van der Waals surface area (Å²) < 4.78 is 5.16. The Hall–Kier alpha value is -2.44. The predicted molar refractivity (Wildman–Crippen MR) is 102 cm³/mol. The highest BCUT2D eigenvalue weighted by atomic mass is 16.6. The van der Waals surface area contributed by atoms with Crippen molar-refractivity contribution in [3.05, 3.63) is 32.4 Å². The number of aromatic amines is 1. The van der Waals surface area contributed by atoms with E-state index in [1.165, 1.54) is 25.3 Å². The van der Waals surface area contributed by atoms with Crippen LogP contribution in [0.5, 0.6) is 6.01 Å². The molecule has 0 atom stereocenters. The largest absolute Gasteiger partial charge is 0.403 e. The van der Waals surface area contributed by atoms with Gasteiger partial charge in [-0.25, -0.2) is 4.79 Å². The average Bonchev–Trinajstić information content (AvgIpc) is 3.37. The first-order valence-corrected chi connectivity index (χ1v) is 9.82. The van der Waals surface area contributed by atoms with Crippen molar-refractivity contribution < 1.29 is 9.25 Å². The van der Waals surface area contributed by atoms with Crippen LogP contribution in [0.25, 0.3) is 11.1 Å². The molecule has 0 aromatic carbocycles. The lowest BCUT2D eigenvalue weighted by molar-refractivity contribution is 0.307. The second-order valence-electron chi connectivity index (χ2n) is 8.12. The van der Waals surface area contributed by atoms with Gasteiger partial charge in [0.2, 0.25) is 5.71 Å². The van der Waals surface area contributed by atoms with Crippen LogP contribution in [0.1, 0.15) is 70.3 Å². The Bertz CT molecular complexity index is 977. The maximum atomic E-state index is 12.6. The van der Waals surface area contributed by atoms with E-state index in [9.17, 15) is 9.59 Å². The minimum Gasteiger partial charge on any atom is -0.403 e. The van der Waals surface area contributed by atoms with Crippen molar-refractivity contribution in [1.82, 2.24) is 9.97 Å². The Morgan fingerprint density at radius 2 is 2.04 bits per heavy atom. The molecule has 0 bridgehead atoms. The summed E-state index contributed by atoms with van der Waals surface area (Å²) in [7, 11) is 0. The number of H-pyrrole nitrogens is 1. The van der Waals surface area contributed by atoms with Crippen LogP contribution < -0.4 is 16.0 Å². The fraction of sp³-hybridized carbons (Fsp3) is 0.600. The molecule has 7 heteroatoms. The van der Waals surface area contributed by atoms with Crippen LogP contribution >= 0.6 is 0 Å². The van der Waals surface area contributed by atoms with Crippen LogP contribution in [-0.2, 0) is 6.42 Å². The first kappa shape index (κ1) is 17.9. The molecule has 0 unspecified atom stereocenters. The SMILES string of the molecule is CC1(CCCc2cc(=O)oc3nc(ON=C4CCCCC4)[nH]c(=O)c23)CC1. The summed E-state index contributed by atoms with van der Waals surface area (Å²) in [6, 6.07) is 1.36. The fourth-order valence-corrected chi connectivity index (χ4v) is 3.70. The van der Waals surface area contributed by atoms with Crippen molar-refractivity contribution >= 4 is 16.8 Å². The second-order valence-corrected chi connectivity index (χ2v) is 8.12. The molecule has 27 heavy (non-hydrogen) atoms. The van der Waals surface area contributed by atoms with Crippen LogP contribution in [0.15, 0.2) is 25.2 Å². The van der Waals surface area contributed by atoms with E-state index in [2.05, 4.69) is 22.0 Å². The lowest BCUT2D eigenvalue weighted by Crippen LogP contribution is -2.15. The molecule has 0 radical (unpaired) electrons. The molecule has 0 saturated heterocycles. The third-order valence-electron chi connectivity index (χ3n) is 5.70. The fourth-order valence-electron chi connectivity index (χ4n) is 3.70. The quantitative estimate of drug-likeness (QED) is 0.781. The summed E-state index contributed by atoms with van der Waals surface area (Å²) in [4.78, 5) is 36.6. The van der Waals surface area contributed by atoms with Gasteiger partial charge in [-0.15, -0.1) is 0 Å². The van der Waals surface area contributed by atoms with Gasteiger partial charge in [0.1, 0.15) is 5.39 Å². The Morgan fingerprint density at radius 1 is 1.26 bits per heavy atom. The first-order chi connectivity index (χ1) is 13.0. The molecule has 0 spiro atoms.